The summed E-state index contributed by atoms with van der Waals surface area (Å²) in [5, 5.41) is 3.79. The van der Waals surface area contributed by atoms with Gasteiger partial charge in [0.1, 0.15) is 0 Å². The van der Waals surface area contributed by atoms with Crippen LogP contribution in [0.15, 0.2) is 0 Å². The number of nitrogens with one attached hydrogen (secondary N) is 1. The van der Waals surface area contributed by atoms with E-state index < -0.39 is 0 Å². The van der Waals surface area contributed by atoms with Crippen molar-refractivity contribution in [1.82, 2.24) is 10.3 Å². The Hall–Kier alpha value is -0.610. The highest BCUT2D eigenvalue weighted by Gasteiger charge is 2.21. The fraction of sp³-hybridized carbons (Fsp3) is 0.667. The van der Waals surface area contributed by atoms with E-state index >= 15 is 0 Å². The molecule has 1 aromatic heterocycles. The number of nitrogens with zero attached hydrogens (tertiary/aromatic N) is 1. The van der Waals surface area contributed by atoms with Gasteiger partial charge < -0.3 is 11.1 Å². The smallest absolute Gasteiger partial charge is 0.180 e. The van der Waals surface area contributed by atoms with Crippen molar-refractivity contribution in [1.29, 1.82) is 0 Å². The van der Waals surface area contributed by atoms with Crippen molar-refractivity contribution >= 4 is 16.5 Å². The Kier molecular flexibility index (Phi) is 2.93. The molecule has 0 amide bonds. The van der Waals surface area contributed by atoms with E-state index in [1.54, 1.807) is 11.3 Å². The van der Waals surface area contributed by atoms with Crippen molar-refractivity contribution in [3.05, 3.63) is 10.6 Å². The Bertz CT molecular complexity index is 286. The molecule has 3 nitrogen and oxygen atoms in total. The number of aromatic nitrogens is 1. The van der Waals surface area contributed by atoms with Gasteiger partial charge in [-0.25, -0.2) is 4.98 Å². The van der Waals surface area contributed by atoms with Crippen LogP contribution in [0.3, 0.4) is 0 Å². The molecule has 0 aliphatic carbocycles. The lowest BCUT2D eigenvalue weighted by Gasteiger charge is -2.17. The normalized spacial score (nSPS) is 12.0. The molecule has 0 radical (unpaired) electrons. The number of anilines is 1. The van der Waals surface area contributed by atoms with Crippen LogP contribution in [0.4, 0.5) is 5.13 Å². The third-order valence-corrected chi connectivity index (χ3v) is 2.65. The highest BCUT2D eigenvalue weighted by molar-refractivity contribution is 7.15. The molecule has 0 bridgehead atoms. The van der Waals surface area contributed by atoms with Gasteiger partial charge in [0.15, 0.2) is 5.13 Å². The minimum absolute atomic E-state index is 0.0836. The van der Waals surface area contributed by atoms with Crippen molar-refractivity contribution in [2.45, 2.75) is 32.7 Å². The van der Waals surface area contributed by atoms with Crippen LogP contribution in [0.1, 0.15) is 31.3 Å². The molecule has 4 heteroatoms. The van der Waals surface area contributed by atoms with E-state index in [0.717, 1.165) is 12.2 Å². The van der Waals surface area contributed by atoms with Gasteiger partial charge >= 0.3 is 0 Å². The van der Waals surface area contributed by atoms with Crippen LogP contribution in [0.5, 0.6) is 0 Å². The molecule has 0 aromatic carbocycles. The summed E-state index contributed by atoms with van der Waals surface area (Å²) >= 11 is 1.57. The first-order chi connectivity index (χ1) is 5.95. The summed E-state index contributed by atoms with van der Waals surface area (Å²) < 4.78 is 0. The van der Waals surface area contributed by atoms with Gasteiger partial charge in [-0.1, -0.05) is 20.8 Å². The number of hydrogen-bond acceptors (Lipinski definition) is 4. The molecule has 0 aliphatic heterocycles. The van der Waals surface area contributed by atoms with Gasteiger partial charge in [-0.3, -0.25) is 0 Å². The Balaban J connectivity index is 3.04. The minimum atomic E-state index is 0.0836. The van der Waals surface area contributed by atoms with Crippen molar-refractivity contribution in [3.63, 3.8) is 0 Å². The summed E-state index contributed by atoms with van der Waals surface area (Å²) in [7, 11) is 1.93. The van der Waals surface area contributed by atoms with E-state index in [4.69, 9.17) is 5.73 Å². The lowest BCUT2D eigenvalue weighted by Crippen LogP contribution is -2.16. The van der Waals surface area contributed by atoms with Crippen LogP contribution in [0.25, 0.3) is 0 Å². The first kappa shape index (κ1) is 10.5. The van der Waals surface area contributed by atoms with E-state index in [1.165, 1.54) is 4.88 Å². The lowest BCUT2D eigenvalue weighted by molar-refractivity contribution is 0.564. The Morgan fingerprint density at radius 1 is 1.46 bits per heavy atom. The van der Waals surface area contributed by atoms with Gasteiger partial charge in [-0.15, -0.1) is 11.3 Å². The molecule has 0 fully saturated rings. The standard InChI is InChI=1S/C9H17N3S/c1-9(2,3)7-6(5-11-4)13-8(10)12-7/h11H,5H2,1-4H3,(H2,10,12). The third-order valence-electron chi connectivity index (χ3n) is 1.76. The van der Waals surface area contributed by atoms with Crippen LogP contribution in [-0.4, -0.2) is 12.0 Å². The molecule has 74 valence electrons. The highest BCUT2D eigenvalue weighted by Crippen LogP contribution is 2.30. The molecular weight excluding hydrogens is 182 g/mol. The van der Waals surface area contributed by atoms with Crippen molar-refractivity contribution in [2.24, 2.45) is 0 Å². The van der Waals surface area contributed by atoms with Gasteiger partial charge in [-0.2, -0.15) is 0 Å². The summed E-state index contributed by atoms with van der Waals surface area (Å²) in [6.07, 6.45) is 0. The maximum Gasteiger partial charge on any atom is 0.180 e. The first-order valence-corrected chi connectivity index (χ1v) is 5.17. The van der Waals surface area contributed by atoms with Crippen LogP contribution in [0.2, 0.25) is 0 Å². The van der Waals surface area contributed by atoms with Crippen molar-refractivity contribution in [3.8, 4) is 0 Å². The molecule has 0 atom stereocenters. The summed E-state index contributed by atoms with van der Waals surface area (Å²) in [6, 6.07) is 0. The third kappa shape index (κ3) is 2.42. The van der Waals surface area contributed by atoms with Gasteiger partial charge in [0.25, 0.3) is 0 Å². The van der Waals surface area contributed by atoms with Gasteiger partial charge in [0.05, 0.1) is 5.69 Å². The fourth-order valence-corrected chi connectivity index (χ4v) is 2.29. The molecule has 1 rings (SSSR count). The van der Waals surface area contributed by atoms with Crippen LogP contribution >= 0.6 is 11.3 Å². The molecule has 0 spiro atoms. The van der Waals surface area contributed by atoms with Gasteiger partial charge in [-0.05, 0) is 7.05 Å². The fourth-order valence-electron chi connectivity index (χ4n) is 1.24. The summed E-state index contributed by atoms with van der Waals surface area (Å²) in [4.78, 5) is 5.60. The number of hydrogen-bond donors (Lipinski definition) is 2. The number of thiazole rings is 1. The van der Waals surface area contributed by atoms with E-state index in [0.29, 0.717) is 5.13 Å². The Morgan fingerprint density at radius 2 is 2.08 bits per heavy atom. The summed E-state index contributed by atoms with van der Waals surface area (Å²) in [5.41, 5.74) is 6.88. The predicted molar refractivity (Wildman–Crippen MR) is 58.0 cm³/mol. The SMILES string of the molecule is CNCc1sc(N)nc1C(C)(C)C. The molecule has 0 saturated heterocycles. The second kappa shape index (κ2) is 3.64. The second-order valence-corrected chi connectivity index (χ2v) is 5.22. The molecule has 0 unspecified atom stereocenters. The van der Waals surface area contributed by atoms with Crippen LogP contribution in [-0.2, 0) is 12.0 Å². The molecule has 0 aliphatic rings. The number of nitrogens with two attached hydrogens (primary N) is 1. The Morgan fingerprint density at radius 3 is 2.54 bits per heavy atom. The molecule has 1 aromatic rings. The van der Waals surface area contributed by atoms with E-state index in [-0.39, 0.29) is 5.41 Å². The molecule has 13 heavy (non-hydrogen) atoms. The molecule has 0 saturated carbocycles. The Labute approximate surface area is 83.4 Å². The maximum atomic E-state index is 5.69. The van der Waals surface area contributed by atoms with Crippen LogP contribution < -0.4 is 11.1 Å². The summed E-state index contributed by atoms with van der Waals surface area (Å²) in [5.74, 6) is 0. The number of nitrogen functional groups attached to an aromatic ring is 1. The average Bonchev–Trinajstić information content (AvgIpc) is 2.30. The van der Waals surface area contributed by atoms with E-state index in [9.17, 15) is 0 Å². The second-order valence-electron chi connectivity index (χ2n) is 4.10. The maximum absolute atomic E-state index is 5.69. The predicted octanol–water partition coefficient (Wildman–Crippen LogP) is 1.74. The molecule has 1 heterocycles. The zero-order valence-corrected chi connectivity index (χ0v) is 9.46. The minimum Gasteiger partial charge on any atom is -0.375 e. The van der Waals surface area contributed by atoms with Crippen molar-refractivity contribution < 1.29 is 0 Å². The van der Waals surface area contributed by atoms with Crippen molar-refractivity contribution in [2.75, 3.05) is 12.8 Å². The zero-order valence-electron chi connectivity index (χ0n) is 8.64. The van der Waals surface area contributed by atoms with Gasteiger partial charge in [0.2, 0.25) is 0 Å². The lowest BCUT2D eigenvalue weighted by atomic mass is 9.91. The largest absolute Gasteiger partial charge is 0.375 e. The summed E-state index contributed by atoms with van der Waals surface area (Å²) in [6.45, 7) is 7.31. The highest BCUT2D eigenvalue weighted by atomic mass is 32.1. The van der Waals surface area contributed by atoms with E-state index in [2.05, 4.69) is 31.1 Å². The molecular formula is C9H17N3S. The average molecular weight is 199 g/mol. The van der Waals surface area contributed by atoms with E-state index in [1.807, 2.05) is 7.05 Å². The van der Waals surface area contributed by atoms with Crippen LogP contribution in [0, 0.1) is 0 Å². The topological polar surface area (TPSA) is 50.9 Å². The zero-order chi connectivity index (χ0) is 10.1. The van der Waals surface area contributed by atoms with Gasteiger partial charge in [0, 0.05) is 16.8 Å². The quantitative estimate of drug-likeness (QED) is 0.763. The first-order valence-electron chi connectivity index (χ1n) is 4.35. The number of rotatable bonds is 2. The molecule has 3 N–H and O–H groups in total. The monoisotopic (exact) mass is 199 g/mol.